The Hall–Kier alpha value is -4.22. The molecular weight excluding hydrogens is 470 g/mol. The van der Waals surface area contributed by atoms with E-state index in [1.807, 2.05) is 13.8 Å². The average molecular weight is 489 g/mol. The number of benzene rings is 2. The Balaban J connectivity index is 1.64. The summed E-state index contributed by atoms with van der Waals surface area (Å²) >= 11 is 0. The van der Waals surface area contributed by atoms with Crippen LogP contribution in [0.1, 0.15) is 25.5 Å². The zero-order chi connectivity index (χ0) is 25.3. The quantitative estimate of drug-likeness (QED) is 0.406. The minimum absolute atomic E-state index is 0.112. The first-order valence-electron chi connectivity index (χ1n) is 10.4. The summed E-state index contributed by atoms with van der Waals surface area (Å²) in [7, 11) is 0. The van der Waals surface area contributed by atoms with Gasteiger partial charge < -0.3 is 10.1 Å². The molecule has 0 spiro atoms. The van der Waals surface area contributed by atoms with Crippen molar-refractivity contribution in [3.05, 3.63) is 76.6 Å². The van der Waals surface area contributed by atoms with Crippen LogP contribution in [0.25, 0.3) is 16.6 Å². The third-order valence-electron chi connectivity index (χ3n) is 4.99. The highest BCUT2D eigenvalue weighted by Gasteiger charge is 2.31. The van der Waals surface area contributed by atoms with Crippen LogP contribution in [0.2, 0.25) is 0 Å². The number of rotatable bonds is 6. The number of carbonyl (C=O) groups is 1. The standard InChI is InChI=1S/C23H19F4N5O3/c1-13(2)20-18-11-28-32(16-7-3-14(24)4-8-16)21(18)22(34)31(30-20)12-19(33)29-15-5-9-17(10-6-15)35-23(25,26)27/h3-11,13H,12H2,1-2H3,(H,29,33). The monoisotopic (exact) mass is 489 g/mol. The van der Waals surface area contributed by atoms with E-state index in [4.69, 9.17) is 0 Å². The van der Waals surface area contributed by atoms with Gasteiger partial charge in [-0.1, -0.05) is 13.8 Å². The van der Waals surface area contributed by atoms with E-state index in [-0.39, 0.29) is 17.1 Å². The summed E-state index contributed by atoms with van der Waals surface area (Å²) < 4.78 is 56.4. The minimum atomic E-state index is -4.83. The van der Waals surface area contributed by atoms with Gasteiger partial charge in [0.05, 0.1) is 17.6 Å². The fourth-order valence-corrected chi connectivity index (χ4v) is 3.48. The summed E-state index contributed by atoms with van der Waals surface area (Å²) in [6.07, 6.45) is -3.33. The lowest BCUT2D eigenvalue weighted by molar-refractivity contribution is -0.274. The summed E-state index contributed by atoms with van der Waals surface area (Å²) in [4.78, 5) is 25.9. The second-order valence-corrected chi connectivity index (χ2v) is 7.92. The first kappa shape index (κ1) is 23.9. The number of halogens is 4. The van der Waals surface area contributed by atoms with Gasteiger partial charge >= 0.3 is 6.36 Å². The number of ether oxygens (including phenoxy) is 1. The van der Waals surface area contributed by atoms with Crippen LogP contribution >= 0.6 is 0 Å². The number of fused-ring (bicyclic) bond motifs is 1. The van der Waals surface area contributed by atoms with Crippen LogP contribution in [0, 0.1) is 5.82 Å². The van der Waals surface area contributed by atoms with Crippen LogP contribution < -0.4 is 15.6 Å². The number of nitrogens with zero attached hydrogens (tertiary/aromatic N) is 4. The maximum absolute atomic E-state index is 13.4. The SMILES string of the molecule is CC(C)c1nn(CC(=O)Nc2ccc(OC(F)(F)F)cc2)c(=O)c2c1cnn2-c1ccc(F)cc1. The average Bonchev–Trinajstić information content (AvgIpc) is 3.22. The van der Waals surface area contributed by atoms with E-state index < -0.39 is 35.9 Å². The first-order chi connectivity index (χ1) is 16.5. The van der Waals surface area contributed by atoms with E-state index >= 15 is 0 Å². The van der Waals surface area contributed by atoms with E-state index in [0.29, 0.717) is 16.8 Å². The largest absolute Gasteiger partial charge is 0.573 e. The molecule has 0 unspecified atom stereocenters. The second-order valence-electron chi connectivity index (χ2n) is 7.92. The van der Waals surface area contributed by atoms with Gasteiger partial charge in [-0.15, -0.1) is 13.2 Å². The normalized spacial score (nSPS) is 11.7. The highest BCUT2D eigenvalue weighted by atomic mass is 19.4. The van der Waals surface area contributed by atoms with Gasteiger partial charge in [0.15, 0.2) is 0 Å². The molecule has 0 saturated carbocycles. The fourth-order valence-electron chi connectivity index (χ4n) is 3.48. The molecule has 182 valence electrons. The molecule has 0 aliphatic rings. The van der Waals surface area contributed by atoms with Crippen LogP contribution in [0.3, 0.4) is 0 Å². The van der Waals surface area contributed by atoms with Crippen molar-refractivity contribution in [2.24, 2.45) is 0 Å². The van der Waals surface area contributed by atoms with Crippen molar-refractivity contribution >= 4 is 22.5 Å². The van der Waals surface area contributed by atoms with Crippen molar-refractivity contribution in [3.63, 3.8) is 0 Å². The van der Waals surface area contributed by atoms with Crippen LogP contribution in [-0.4, -0.2) is 31.8 Å². The molecule has 0 aliphatic heterocycles. The van der Waals surface area contributed by atoms with Gasteiger partial charge in [0.2, 0.25) is 5.91 Å². The molecular formula is C23H19F4N5O3. The number of hydrogen-bond donors (Lipinski definition) is 1. The molecule has 0 bridgehead atoms. The van der Waals surface area contributed by atoms with E-state index in [0.717, 1.165) is 16.8 Å². The number of aromatic nitrogens is 4. The summed E-state index contributed by atoms with van der Waals surface area (Å²) in [6.45, 7) is 3.29. The molecule has 0 saturated heterocycles. The Kier molecular flexibility index (Phi) is 6.29. The molecule has 2 heterocycles. The topological polar surface area (TPSA) is 91.0 Å². The number of nitrogens with one attached hydrogen (secondary N) is 1. The van der Waals surface area contributed by atoms with E-state index in [1.54, 1.807) is 0 Å². The summed E-state index contributed by atoms with van der Waals surface area (Å²) in [5.41, 5.74) is 0.789. The number of hydrogen-bond acceptors (Lipinski definition) is 5. The zero-order valence-corrected chi connectivity index (χ0v) is 18.5. The maximum Gasteiger partial charge on any atom is 0.573 e. The molecule has 12 heteroatoms. The van der Waals surface area contributed by atoms with Crippen LogP contribution in [0.15, 0.2) is 59.5 Å². The first-order valence-corrected chi connectivity index (χ1v) is 10.4. The molecule has 4 rings (SSSR count). The van der Waals surface area contributed by atoms with Gasteiger partial charge in [-0.05, 0) is 54.4 Å². The molecule has 2 aromatic carbocycles. The number of anilines is 1. The number of amides is 1. The Bertz CT molecular complexity index is 1430. The van der Waals surface area contributed by atoms with Gasteiger partial charge in [0, 0.05) is 11.1 Å². The Morgan fingerprint density at radius 1 is 1.09 bits per heavy atom. The second kappa shape index (κ2) is 9.20. The maximum atomic E-state index is 13.4. The van der Waals surface area contributed by atoms with Gasteiger partial charge in [-0.3, -0.25) is 9.59 Å². The lowest BCUT2D eigenvalue weighted by atomic mass is 10.1. The van der Waals surface area contributed by atoms with E-state index in [1.165, 1.54) is 47.3 Å². The summed E-state index contributed by atoms with van der Waals surface area (Å²) in [5.74, 6) is -1.61. The van der Waals surface area contributed by atoms with Crippen molar-refractivity contribution in [3.8, 4) is 11.4 Å². The van der Waals surface area contributed by atoms with Crippen molar-refractivity contribution in [1.29, 1.82) is 0 Å². The summed E-state index contributed by atoms with van der Waals surface area (Å²) in [6, 6.07) is 10.0. The highest BCUT2D eigenvalue weighted by Crippen LogP contribution is 2.25. The third-order valence-corrected chi connectivity index (χ3v) is 4.99. The summed E-state index contributed by atoms with van der Waals surface area (Å²) in [5, 5.41) is 11.6. The van der Waals surface area contributed by atoms with Gasteiger partial charge in [-0.2, -0.15) is 10.2 Å². The third kappa shape index (κ3) is 5.31. The van der Waals surface area contributed by atoms with Crippen LogP contribution in [0.4, 0.5) is 23.2 Å². The van der Waals surface area contributed by atoms with Crippen molar-refractivity contribution < 1.29 is 27.1 Å². The molecule has 0 fully saturated rings. The minimum Gasteiger partial charge on any atom is -0.406 e. The Morgan fingerprint density at radius 3 is 2.34 bits per heavy atom. The van der Waals surface area contributed by atoms with Gasteiger partial charge in [-0.25, -0.2) is 13.8 Å². The highest BCUT2D eigenvalue weighted by molar-refractivity contribution is 5.91. The molecule has 2 aromatic heterocycles. The smallest absolute Gasteiger partial charge is 0.406 e. The molecule has 35 heavy (non-hydrogen) atoms. The fraction of sp³-hybridized carbons (Fsp3) is 0.217. The van der Waals surface area contributed by atoms with Crippen molar-refractivity contribution in [2.75, 3.05) is 5.32 Å². The number of carbonyl (C=O) groups excluding carboxylic acids is 1. The van der Waals surface area contributed by atoms with Crippen molar-refractivity contribution in [1.82, 2.24) is 19.6 Å². The molecule has 0 atom stereocenters. The molecule has 0 aliphatic carbocycles. The molecule has 0 radical (unpaired) electrons. The lowest BCUT2D eigenvalue weighted by Crippen LogP contribution is -2.31. The Labute approximate surface area is 195 Å². The van der Waals surface area contributed by atoms with Gasteiger partial charge in [0.1, 0.15) is 23.6 Å². The van der Waals surface area contributed by atoms with E-state index in [9.17, 15) is 27.2 Å². The molecule has 4 aromatic rings. The molecule has 1 N–H and O–H groups in total. The zero-order valence-electron chi connectivity index (χ0n) is 18.5. The van der Waals surface area contributed by atoms with Crippen LogP contribution in [0.5, 0.6) is 5.75 Å². The molecule has 8 nitrogen and oxygen atoms in total. The predicted octanol–water partition coefficient (Wildman–Crippen LogP) is 4.38. The molecule has 1 amide bonds. The number of alkyl halides is 3. The van der Waals surface area contributed by atoms with E-state index in [2.05, 4.69) is 20.3 Å². The van der Waals surface area contributed by atoms with Crippen molar-refractivity contribution in [2.45, 2.75) is 32.7 Å². The van der Waals surface area contributed by atoms with Crippen LogP contribution in [-0.2, 0) is 11.3 Å². The van der Waals surface area contributed by atoms with Gasteiger partial charge in [0.25, 0.3) is 5.56 Å². The predicted molar refractivity (Wildman–Crippen MR) is 119 cm³/mol. The lowest BCUT2D eigenvalue weighted by Gasteiger charge is -2.13. The Morgan fingerprint density at radius 2 is 1.74 bits per heavy atom.